The van der Waals surface area contributed by atoms with Gasteiger partial charge in [0.2, 0.25) is 0 Å². The Balaban J connectivity index is 2.78. The zero-order valence-corrected chi connectivity index (χ0v) is 12.9. The number of nitriles is 1. The van der Waals surface area contributed by atoms with Crippen LogP contribution in [0.25, 0.3) is 0 Å². The van der Waals surface area contributed by atoms with E-state index in [0.29, 0.717) is 12.1 Å². The third-order valence-corrected chi connectivity index (χ3v) is 2.75. The standard InChI is InChI=1S/C15H18F2N2O4/c1-15(2,3)23-14(22)19-7-12(20)13(21)9-5-11(17)10(16)4-8(9)6-18/h4-5,12-13,20-21H,7H2,1-3H3,(H,19,22). The predicted molar refractivity (Wildman–Crippen MR) is 76.3 cm³/mol. The van der Waals surface area contributed by atoms with Gasteiger partial charge >= 0.3 is 6.09 Å². The van der Waals surface area contributed by atoms with E-state index in [4.69, 9.17) is 10.00 Å². The van der Waals surface area contributed by atoms with Gasteiger partial charge in [-0.2, -0.15) is 5.26 Å². The fourth-order valence-electron chi connectivity index (χ4n) is 1.72. The highest BCUT2D eigenvalue weighted by Gasteiger charge is 2.25. The van der Waals surface area contributed by atoms with E-state index in [0.717, 1.165) is 0 Å². The van der Waals surface area contributed by atoms with Crippen LogP contribution in [0.2, 0.25) is 0 Å². The van der Waals surface area contributed by atoms with E-state index in [1.807, 2.05) is 0 Å². The zero-order chi connectivity index (χ0) is 17.8. The molecule has 0 saturated carbocycles. The van der Waals surface area contributed by atoms with Crippen molar-refractivity contribution >= 4 is 6.09 Å². The molecular weight excluding hydrogens is 310 g/mol. The van der Waals surface area contributed by atoms with Gasteiger partial charge in [-0.3, -0.25) is 0 Å². The van der Waals surface area contributed by atoms with E-state index in [2.05, 4.69) is 5.32 Å². The molecule has 0 aliphatic carbocycles. The van der Waals surface area contributed by atoms with Crippen molar-refractivity contribution in [2.24, 2.45) is 0 Å². The van der Waals surface area contributed by atoms with Crippen LogP contribution in [0.5, 0.6) is 0 Å². The van der Waals surface area contributed by atoms with Crippen LogP contribution in [0.4, 0.5) is 13.6 Å². The molecule has 1 aromatic rings. The Bertz CT molecular complexity index is 623. The van der Waals surface area contributed by atoms with E-state index in [1.54, 1.807) is 26.8 Å². The third-order valence-electron chi connectivity index (χ3n) is 2.75. The Morgan fingerprint density at radius 1 is 1.35 bits per heavy atom. The Hall–Kier alpha value is -2.24. The number of nitrogens with one attached hydrogen (secondary N) is 1. The molecule has 0 bridgehead atoms. The average Bonchev–Trinajstić information content (AvgIpc) is 2.44. The molecule has 2 atom stereocenters. The van der Waals surface area contributed by atoms with Crippen LogP contribution >= 0.6 is 0 Å². The van der Waals surface area contributed by atoms with Crippen LogP contribution in [0.1, 0.15) is 38.0 Å². The van der Waals surface area contributed by atoms with Crippen LogP contribution in [0, 0.1) is 23.0 Å². The number of rotatable bonds is 4. The van der Waals surface area contributed by atoms with Gasteiger partial charge in [-0.05, 0) is 32.9 Å². The molecule has 0 fully saturated rings. The average molecular weight is 328 g/mol. The zero-order valence-electron chi connectivity index (χ0n) is 12.9. The third kappa shape index (κ3) is 5.47. The van der Waals surface area contributed by atoms with Gasteiger partial charge in [-0.25, -0.2) is 13.6 Å². The van der Waals surface area contributed by atoms with Crippen LogP contribution in [-0.2, 0) is 4.74 Å². The maximum absolute atomic E-state index is 13.3. The fraction of sp³-hybridized carbons (Fsp3) is 0.467. The number of alkyl carbamates (subject to hydrolysis) is 1. The molecule has 0 spiro atoms. The summed E-state index contributed by atoms with van der Waals surface area (Å²) in [5, 5.41) is 31.0. The lowest BCUT2D eigenvalue weighted by Crippen LogP contribution is -2.39. The quantitative estimate of drug-likeness (QED) is 0.781. The lowest BCUT2D eigenvalue weighted by molar-refractivity contribution is 0.0126. The highest BCUT2D eigenvalue weighted by atomic mass is 19.2. The minimum absolute atomic E-state index is 0.273. The minimum Gasteiger partial charge on any atom is -0.444 e. The van der Waals surface area contributed by atoms with Gasteiger partial charge in [0.05, 0.1) is 11.6 Å². The number of aliphatic hydroxyl groups is 2. The molecule has 0 heterocycles. The number of carbonyl (C=O) groups excluding carboxylic acids is 1. The maximum Gasteiger partial charge on any atom is 0.407 e. The molecule has 0 saturated heterocycles. The molecular formula is C15H18F2N2O4. The molecule has 6 nitrogen and oxygen atoms in total. The molecule has 1 rings (SSSR count). The van der Waals surface area contributed by atoms with Crippen molar-refractivity contribution in [3.63, 3.8) is 0 Å². The first-order chi connectivity index (χ1) is 10.5. The number of carbonyl (C=O) groups is 1. The lowest BCUT2D eigenvalue weighted by atomic mass is 9.98. The monoisotopic (exact) mass is 328 g/mol. The Morgan fingerprint density at radius 2 is 1.91 bits per heavy atom. The largest absolute Gasteiger partial charge is 0.444 e. The molecule has 126 valence electrons. The number of aliphatic hydroxyl groups excluding tert-OH is 2. The number of ether oxygens (including phenoxy) is 1. The molecule has 0 aliphatic rings. The summed E-state index contributed by atoms with van der Waals surface area (Å²) in [6.07, 6.45) is -4.04. The van der Waals surface area contributed by atoms with Crippen molar-refractivity contribution < 1.29 is 28.5 Å². The Kier molecular flexibility index (Phi) is 6.01. The highest BCUT2D eigenvalue weighted by molar-refractivity contribution is 5.67. The van der Waals surface area contributed by atoms with Crippen LogP contribution in [-0.4, -0.2) is 34.6 Å². The first-order valence-electron chi connectivity index (χ1n) is 6.77. The van der Waals surface area contributed by atoms with E-state index < -0.39 is 42.1 Å². The molecule has 1 aromatic carbocycles. The van der Waals surface area contributed by atoms with E-state index in [9.17, 15) is 23.8 Å². The molecule has 3 N–H and O–H groups in total. The van der Waals surface area contributed by atoms with E-state index >= 15 is 0 Å². The second kappa shape index (κ2) is 7.35. The smallest absolute Gasteiger partial charge is 0.407 e. The van der Waals surface area contributed by atoms with Crippen LogP contribution in [0.3, 0.4) is 0 Å². The van der Waals surface area contributed by atoms with Gasteiger partial charge in [0, 0.05) is 12.1 Å². The van der Waals surface area contributed by atoms with E-state index in [-0.39, 0.29) is 11.1 Å². The number of halogens is 2. The Morgan fingerprint density at radius 3 is 2.43 bits per heavy atom. The number of hydrogen-bond donors (Lipinski definition) is 3. The summed E-state index contributed by atoms with van der Waals surface area (Å²) in [6, 6.07) is 2.87. The van der Waals surface area contributed by atoms with Crippen molar-refractivity contribution in [1.82, 2.24) is 5.32 Å². The molecule has 0 aromatic heterocycles. The van der Waals surface area contributed by atoms with Crippen LogP contribution < -0.4 is 5.32 Å². The summed E-state index contributed by atoms with van der Waals surface area (Å²) in [4.78, 5) is 11.5. The molecule has 8 heteroatoms. The van der Waals surface area contributed by atoms with Gasteiger partial charge in [0.25, 0.3) is 0 Å². The lowest BCUT2D eigenvalue weighted by Gasteiger charge is -2.22. The number of hydrogen-bond acceptors (Lipinski definition) is 5. The van der Waals surface area contributed by atoms with Gasteiger partial charge < -0.3 is 20.3 Å². The molecule has 23 heavy (non-hydrogen) atoms. The van der Waals surface area contributed by atoms with Gasteiger partial charge in [-0.15, -0.1) is 0 Å². The van der Waals surface area contributed by atoms with Crippen molar-refractivity contribution in [2.45, 2.75) is 38.6 Å². The first-order valence-corrected chi connectivity index (χ1v) is 6.77. The normalized spacial score (nSPS) is 13.8. The van der Waals surface area contributed by atoms with Gasteiger partial charge in [0.1, 0.15) is 17.8 Å². The number of amides is 1. The second-order valence-electron chi connectivity index (χ2n) is 5.86. The summed E-state index contributed by atoms with van der Waals surface area (Å²) < 4.78 is 31.3. The van der Waals surface area contributed by atoms with Crippen LogP contribution in [0.15, 0.2) is 12.1 Å². The number of nitrogens with zero attached hydrogens (tertiary/aromatic N) is 1. The second-order valence-corrected chi connectivity index (χ2v) is 5.86. The highest BCUT2D eigenvalue weighted by Crippen LogP contribution is 2.23. The molecule has 1 amide bonds. The summed E-state index contributed by atoms with van der Waals surface area (Å²) in [5.41, 5.74) is -1.32. The Labute approximate surface area is 132 Å². The molecule has 2 unspecified atom stereocenters. The fourth-order valence-corrected chi connectivity index (χ4v) is 1.72. The summed E-state index contributed by atoms with van der Waals surface area (Å²) in [6.45, 7) is 4.55. The molecule has 0 aliphatic heterocycles. The van der Waals surface area contributed by atoms with Crippen molar-refractivity contribution in [1.29, 1.82) is 5.26 Å². The maximum atomic E-state index is 13.3. The van der Waals surface area contributed by atoms with Crippen molar-refractivity contribution in [3.8, 4) is 6.07 Å². The molecule has 0 radical (unpaired) electrons. The number of benzene rings is 1. The van der Waals surface area contributed by atoms with Crippen molar-refractivity contribution in [3.05, 3.63) is 34.9 Å². The predicted octanol–water partition coefficient (Wildman–Crippen LogP) is 1.76. The van der Waals surface area contributed by atoms with E-state index in [1.165, 1.54) is 0 Å². The van der Waals surface area contributed by atoms with Crippen molar-refractivity contribution in [2.75, 3.05) is 6.54 Å². The van der Waals surface area contributed by atoms with Gasteiger partial charge in [-0.1, -0.05) is 0 Å². The topological polar surface area (TPSA) is 103 Å². The summed E-state index contributed by atoms with van der Waals surface area (Å²) in [5.74, 6) is -2.50. The SMILES string of the molecule is CC(C)(C)OC(=O)NCC(O)C(O)c1cc(F)c(F)cc1C#N. The minimum atomic E-state index is -1.69. The summed E-state index contributed by atoms with van der Waals surface area (Å²) >= 11 is 0. The summed E-state index contributed by atoms with van der Waals surface area (Å²) in [7, 11) is 0. The van der Waals surface area contributed by atoms with Gasteiger partial charge in [0.15, 0.2) is 11.6 Å². The first kappa shape index (κ1) is 18.8.